The molecule has 0 saturated carbocycles. The minimum Gasteiger partial charge on any atom is -0.394 e. The van der Waals surface area contributed by atoms with Gasteiger partial charge in [-0.1, -0.05) is 6.92 Å². The van der Waals surface area contributed by atoms with E-state index in [-0.39, 0.29) is 13.2 Å². The second-order valence-electron chi connectivity index (χ2n) is 3.97. The van der Waals surface area contributed by atoms with Crippen LogP contribution in [0.3, 0.4) is 0 Å². The molecule has 0 bridgehead atoms. The number of nitrogens with one attached hydrogen (secondary N) is 1. The number of hydrogen-bond acceptors (Lipinski definition) is 5. The Morgan fingerprint density at radius 3 is 2.59 bits per heavy atom. The van der Waals surface area contributed by atoms with E-state index in [2.05, 4.69) is 5.32 Å². The van der Waals surface area contributed by atoms with Crippen molar-refractivity contribution in [3.05, 3.63) is 21.9 Å². The fourth-order valence-corrected chi connectivity index (χ4v) is 2.20. The third-order valence-corrected chi connectivity index (χ3v) is 3.79. The molecule has 0 aromatic carbocycles. The Hall–Kier alpha value is -0.950. The number of thiophene rings is 1. The maximum atomic E-state index is 10.9. The molecule has 1 aromatic rings. The van der Waals surface area contributed by atoms with Crippen LogP contribution in [0, 0.1) is 0 Å². The average Bonchev–Trinajstić information content (AvgIpc) is 2.81. The van der Waals surface area contributed by atoms with Gasteiger partial charge in [0.2, 0.25) is 5.91 Å². The first-order valence-corrected chi connectivity index (χ1v) is 6.29. The minimum absolute atomic E-state index is 0.131. The van der Waals surface area contributed by atoms with Gasteiger partial charge in [-0.05, 0) is 12.5 Å². The van der Waals surface area contributed by atoms with E-state index in [1.165, 1.54) is 11.3 Å². The van der Waals surface area contributed by atoms with Crippen LogP contribution in [-0.2, 0) is 6.54 Å². The summed E-state index contributed by atoms with van der Waals surface area (Å²) in [5, 5.41) is 23.3. The van der Waals surface area contributed by atoms with Crippen LogP contribution in [0.25, 0.3) is 0 Å². The molecule has 0 aliphatic carbocycles. The molecule has 1 heterocycles. The van der Waals surface area contributed by atoms with Crippen molar-refractivity contribution in [1.82, 2.24) is 5.32 Å². The zero-order valence-electron chi connectivity index (χ0n) is 9.77. The van der Waals surface area contributed by atoms with E-state index in [0.29, 0.717) is 18.5 Å². The Bertz CT molecular complexity index is 366. The fourth-order valence-electron chi connectivity index (χ4n) is 1.39. The molecular formula is C11H18N2O3S. The van der Waals surface area contributed by atoms with E-state index in [0.717, 1.165) is 4.88 Å². The zero-order valence-corrected chi connectivity index (χ0v) is 10.6. The SMILES string of the molecule is CCC(CO)(CO)NCc1cc(C(N)=O)cs1. The molecule has 5 nitrogen and oxygen atoms in total. The highest BCUT2D eigenvalue weighted by atomic mass is 32.1. The Morgan fingerprint density at radius 2 is 2.18 bits per heavy atom. The quantitative estimate of drug-likeness (QED) is 0.556. The number of carbonyl (C=O) groups excluding carboxylic acids is 1. The van der Waals surface area contributed by atoms with Crippen LogP contribution in [-0.4, -0.2) is 34.9 Å². The normalized spacial score (nSPS) is 11.7. The van der Waals surface area contributed by atoms with Crippen LogP contribution in [0.4, 0.5) is 0 Å². The van der Waals surface area contributed by atoms with Gasteiger partial charge in [0.25, 0.3) is 0 Å². The lowest BCUT2D eigenvalue weighted by Gasteiger charge is -2.29. The lowest BCUT2D eigenvalue weighted by Crippen LogP contribution is -2.50. The summed E-state index contributed by atoms with van der Waals surface area (Å²) in [4.78, 5) is 11.9. The Kier molecular flexibility index (Phi) is 5.07. The van der Waals surface area contributed by atoms with Crippen LogP contribution >= 0.6 is 11.3 Å². The van der Waals surface area contributed by atoms with E-state index < -0.39 is 11.4 Å². The Balaban J connectivity index is 2.62. The van der Waals surface area contributed by atoms with Gasteiger partial charge in [0.1, 0.15) is 0 Å². The number of hydrogen-bond donors (Lipinski definition) is 4. The van der Waals surface area contributed by atoms with E-state index >= 15 is 0 Å². The van der Waals surface area contributed by atoms with Crippen molar-refractivity contribution in [2.75, 3.05) is 13.2 Å². The first kappa shape index (κ1) is 14.1. The van der Waals surface area contributed by atoms with Crippen molar-refractivity contribution in [1.29, 1.82) is 0 Å². The van der Waals surface area contributed by atoms with Crippen LogP contribution < -0.4 is 11.1 Å². The molecule has 0 spiro atoms. The smallest absolute Gasteiger partial charge is 0.249 e. The van der Waals surface area contributed by atoms with Crippen LogP contribution in [0.2, 0.25) is 0 Å². The second-order valence-corrected chi connectivity index (χ2v) is 4.97. The molecule has 1 aromatic heterocycles. The van der Waals surface area contributed by atoms with Gasteiger partial charge < -0.3 is 21.3 Å². The molecule has 6 heteroatoms. The van der Waals surface area contributed by atoms with E-state index in [4.69, 9.17) is 5.73 Å². The number of nitrogens with two attached hydrogens (primary N) is 1. The predicted molar refractivity (Wildman–Crippen MR) is 66.9 cm³/mol. The van der Waals surface area contributed by atoms with Crippen molar-refractivity contribution in [2.24, 2.45) is 5.73 Å². The average molecular weight is 258 g/mol. The van der Waals surface area contributed by atoms with Crippen molar-refractivity contribution >= 4 is 17.2 Å². The Labute approximate surface area is 104 Å². The van der Waals surface area contributed by atoms with Gasteiger partial charge >= 0.3 is 0 Å². The molecule has 0 aliphatic rings. The number of aliphatic hydroxyl groups excluding tert-OH is 2. The summed E-state index contributed by atoms with van der Waals surface area (Å²) in [6.45, 7) is 2.12. The molecule has 0 fully saturated rings. The Morgan fingerprint density at radius 1 is 1.53 bits per heavy atom. The molecule has 0 radical (unpaired) electrons. The lowest BCUT2D eigenvalue weighted by molar-refractivity contribution is 0.0866. The van der Waals surface area contributed by atoms with Crippen LogP contribution in [0.15, 0.2) is 11.4 Å². The summed E-state index contributed by atoms with van der Waals surface area (Å²) in [6.07, 6.45) is 0.619. The monoisotopic (exact) mass is 258 g/mol. The van der Waals surface area contributed by atoms with Gasteiger partial charge in [0, 0.05) is 16.8 Å². The number of primary amides is 1. The largest absolute Gasteiger partial charge is 0.394 e. The topological polar surface area (TPSA) is 95.6 Å². The molecule has 96 valence electrons. The molecule has 0 unspecified atom stereocenters. The summed E-state index contributed by atoms with van der Waals surface area (Å²) in [5.74, 6) is -0.446. The van der Waals surface area contributed by atoms with Crippen molar-refractivity contribution in [2.45, 2.75) is 25.4 Å². The molecular weight excluding hydrogens is 240 g/mol. The van der Waals surface area contributed by atoms with E-state index in [9.17, 15) is 15.0 Å². The summed E-state index contributed by atoms with van der Waals surface area (Å²) in [6, 6.07) is 1.72. The third-order valence-electron chi connectivity index (χ3n) is 2.86. The number of carbonyl (C=O) groups is 1. The van der Waals surface area contributed by atoms with Gasteiger partial charge in [0.15, 0.2) is 0 Å². The summed E-state index contributed by atoms with van der Waals surface area (Å²) >= 11 is 1.42. The predicted octanol–water partition coefficient (Wildman–Crippen LogP) is 0.0700. The highest BCUT2D eigenvalue weighted by Crippen LogP contribution is 2.16. The van der Waals surface area contributed by atoms with E-state index in [1.54, 1.807) is 11.4 Å². The summed E-state index contributed by atoms with van der Waals surface area (Å²) in [5.41, 5.74) is 4.97. The van der Waals surface area contributed by atoms with E-state index in [1.807, 2.05) is 6.92 Å². The molecule has 5 N–H and O–H groups in total. The first-order valence-electron chi connectivity index (χ1n) is 5.41. The van der Waals surface area contributed by atoms with Crippen LogP contribution in [0.1, 0.15) is 28.6 Å². The number of aliphatic hydroxyl groups is 2. The van der Waals surface area contributed by atoms with Gasteiger partial charge in [-0.2, -0.15) is 0 Å². The summed E-state index contributed by atoms with van der Waals surface area (Å²) in [7, 11) is 0. The van der Waals surface area contributed by atoms with Crippen LogP contribution in [0.5, 0.6) is 0 Å². The lowest BCUT2D eigenvalue weighted by atomic mass is 9.98. The standard InChI is InChI=1S/C11H18N2O3S/c1-2-11(6-14,7-15)13-4-9-3-8(5-17-9)10(12)16/h3,5,13-15H,2,4,6-7H2,1H3,(H2,12,16). The highest BCUT2D eigenvalue weighted by molar-refractivity contribution is 7.10. The van der Waals surface area contributed by atoms with Gasteiger partial charge in [-0.25, -0.2) is 0 Å². The molecule has 17 heavy (non-hydrogen) atoms. The van der Waals surface area contributed by atoms with Gasteiger partial charge in [0.05, 0.1) is 24.3 Å². The second kappa shape index (κ2) is 6.11. The fraction of sp³-hybridized carbons (Fsp3) is 0.545. The first-order chi connectivity index (χ1) is 8.06. The molecule has 0 aliphatic heterocycles. The minimum atomic E-state index is -0.670. The summed E-state index contributed by atoms with van der Waals surface area (Å²) < 4.78 is 0. The van der Waals surface area contributed by atoms with Crippen molar-refractivity contribution in [3.8, 4) is 0 Å². The van der Waals surface area contributed by atoms with Crippen molar-refractivity contribution < 1.29 is 15.0 Å². The van der Waals surface area contributed by atoms with Gasteiger partial charge in [-0.3, -0.25) is 4.79 Å². The maximum absolute atomic E-state index is 10.9. The maximum Gasteiger partial charge on any atom is 0.249 e. The molecule has 0 saturated heterocycles. The molecule has 1 rings (SSSR count). The van der Waals surface area contributed by atoms with Gasteiger partial charge in [-0.15, -0.1) is 11.3 Å². The molecule has 0 atom stereocenters. The molecule has 1 amide bonds. The number of amides is 1. The zero-order chi connectivity index (χ0) is 12.9. The third kappa shape index (κ3) is 3.50. The number of rotatable bonds is 7. The highest BCUT2D eigenvalue weighted by Gasteiger charge is 2.25. The van der Waals surface area contributed by atoms with Crippen molar-refractivity contribution in [3.63, 3.8) is 0 Å².